The van der Waals surface area contributed by atoms with Gasteiger partial charge in [0.15, 0.2) is 23.8 Å². The van der Waals surface area contributed by atoms with Gasteiger partial charge in [-0.25, -0.2) is 4.79 Å². The number of fused-ring (bicyclic) bond motifs is 15. The second-order valence-electron chi connectivity index (χ2n) is 22.9. The number of ether oxygens (including phenoxy) is 4. The number of halogens is 2. The average molecular weight is 1290 g/mol. The highest BCUT2D eigenvalue weighted by atomic mass is 35.5. The van der Waals surface area contributed by atoms with Crippen molar-refractivity contribution in [2.45, 2.75) is 125 Å². The van der Waals surface area contributed by atoms with Gasteiger partial charge >= 0.3 is 5.97 Å². The summed E-state index contributed by atoms with van der Waals surface area (Å²) in [7, 11) is 1.50. The van der Waals surface area contributed by atoms with Crippen LogP contribution in [0.5, 0.6) is 46.0 Å². The molecule has 13 atom stereocenters. The third-order valence-corrected chi connectivity index (χ3v) is 16.3. The van der Waals surface area contributed by atoms with Gasteiger partial charge in [-0.05, 0) is 110 Å². The van der Waals surface area contributed by atoms with E-state index in [2.05, 4.69) is 37.2 Å². The Balaban J connectivity index is 1.29. The number of hydrogen-bond donors (Lipinski definition) is 16. The lowest BCUT2D eigenvalue weighted by Gasteiger charge is -2.44. The summed E-state index contributed by atoms with van der Waals surface area (Å²) in [5.41, 5.74) is 8.57. The zero-order valence-electron chi connectivity index (χ0n) is 48.6. The lowest BCUT2D eigenvalue weighted by molar-refractivity contribution is -0.255. The fourth-order valence-corrected chi connectivity index (χ4v) is 11.6. The van der Waals surface area contributed by atoms with Crippen molar-refractivity contribution in [3.05, 3.63) is 117 Å². The molecule has 0 aliphatic carbocycles. The number of benzene rings is 5. The van der Waals surface area contributed by atoms with Crippen LogP contribution in [0.1, 0.15) is 105 Å². The molecule has 6 aliphatic heterocycles. The van der Waals surface area contributed by atoms with Crippen LogP contribution in [-0.4, -0.2) is 138 Å². The van der Waals surface area contributed by atoms with Crippen LogP contribution < -0.4 is 58.2 Å². The molecule has 30 heteroatoms. The minimum atomic E-state index is -2.22. The smallest absolute Gasteiger partial charge is 0.330 e. The normalized spacial score (nSPS) is 26.4. The van der Waals surface area contributed by atoms with E-state index in [1.807, 2.05) is 13.8 Å². The van der Waals surface area contributed by atoms with Gasteiger partial charge in [0, 0.05) is 34.7 Å². The molecule has 5 aromatic rings. The van der Waals surface area contributed by atoms with E-state index in [0.29, 0.717) is 0 Å². The van der Waals surface area contributed by atoms with Crippen LogP contribution in [0, 0.1) is 5.92 Å². The molecule has 28 nitrogen and oxygen atoms in total. The second kappa shape index (κ2) is 26.2. The van der Waals surface area contributed by atoms with Gasteiger partial charge in [-0.3, -0.25) is 33.6 Å². The number of phenols is 4. The van der Waals surface area contributed by atoms with E-state index in [1.165, 1.54) is 57.3 Å². The van der Waals surface area contributed by atoms with Gasteiger partial charge in [0.1, 0.15) is 71.2 Å². The van der Waals surface area contributed by atoms with E-state index >= 15 is 19.2 Å². The van der Waals surface area contributed by atoms with E-state index in [0.717, 1.165) is 42.5 Å². The molecule has 1 saturated heterocycles. The van der Waals surface area contributed by atoms with E-state index < -0.39 is 183 Å². The maximum Gasteiger partial charge on any atom is 0.330 e. The summed E-state index contributed by atoms with van der Waals surface area (Å²) in [6, 6.07) is 0.804. The van der Waals surface area contributed by atoms with Gasteiger partial charge in [0.2, 0.25) is 47.1 Å². The number of rotatable bonds is 10. The summed E-state index contributed by atoms with van der Waals surface area (Å²) in [6.07, 6.45) is -8.53. The SMILES string of the molecule is CN[C@H](CC(C)C)C(=O)N[C@H]1C(=O)N[C@@H](CC(N)=O)C(=O)N[C@H]2C(=O)N[C@H]3C(=O)N[C@H](C(=O)N[C@H](C(=O)O)c4cc(O)cc(O)c4-c4cc3ccc4O)[C@H](O[C@H]3C[C@@](C)(N)[C@H](O)[C@H](C)O3)c3ccc(c(Cl)c3)Oc3cc2cc(c3O)Oc2ccc(cc2Cl)[C@H]1O. The van der Waals surface area contributed by atoms with Gasteiger partial charge < -0.3 is 103 Å². The molecule has 0 saturated carbocycles. The molecule has 0 aromatic heterocycles. The summed E-state index contributed by atoms with van der Waals surface area (Å²) in [6.45, 7) is 6.67. The molecule has 0 spiro atoms. The van der Waals surface area contributed by atoms with Crippen molar-refractivity contribution in [3.8, 4) is 57.1 Å². The Morgan fingerprint density at radius 1 is 0.733 bits per heavy atom. The number of aliphatic hydroxyl groups is 2. The number of aliphatic hydroxyl groups excluding tert-OH is 2. The first-order valence-corrected chi connectivity index (χ1v) is 28.9. The van der Waals surface area contributed by atoms with Gasteiger partial charge in [-0.1, -0.05) is 55.2 Å². The van der Waals surface area contributed by atoms with E-state index in [1.54, 1.807) is 0 Å². The number of carboxylic acid groups (broad SMARTS) is 1. The topological polar surface area (TPSA) is 451 Å². The number of nitrogens with two attached hydrogens (primary N) is 2. The molecule has 0 unspecified atom stereocenters. The Labute approximate surface area is 522 Å². The molecule has 478 valence electrons. The van der Waals surface area contributed by atoms with Crippen LogP contribution in [-0.2, 0) is 47.8 Å². The van der Waals surface area contributed by atoms with Crippen molar-refractivity contribution in [1.29, 1.82) is 0 Å². The summed E-state index contributed by atoms with van der Waals surface area (Å²) >= 11 is 13.9. The summed E-state index contributed by atoms with van der Waals surface area (Å²) < 4.78 is 25.1. The predicted octanol–water partition coefficient (Wildman–Crippen LogP) is 2.63. The molecule has 7 amide bonds. The summed E-state index contributed by atoms with van der Waals surface area (Å²) in [5.74, 6) is -15.1. The lowest BCUT2D eigenvalue weighted by atomic mass is 9.86. The van der Waals surface area contributed by atoms with Crippen LogP contribution in [0.2, 0.25) is 10.0 Å². The van der Waals surface area contributed by atoms with Crippen LogP contribution in [0.4, 0.5) is 0 Å². The molecule has 6 aliphatic rings. The molecule has 1 fully saturated rings. The highest BCUT2D eigenvalue weighted by Crippen LogP contribution is 2.48. The zero-order valence-corrected chi connectivity index (χ0v) is 50.1. The van der Waals surface area contributed by atoms with Crippen LogP contribution in [0.3, 0.4) is 0 Å². The maximum absolute atomic E-state index is 15.7. The highest BCUT2D eigenvalue weighted by molar-refractivity contribution is 6.32. The number of primary amides is 1. The standard InChI is InChI=1S/C60H65Cl2N9O19/c1-22(2)12-33(65-5)53(79)70-47-49(76)25-7-10-37(31(61)14-25)88-39-16-27-17-40(50(39)77)89-38-11-8-26(15-32(38)62)51(90-42-21-60(4,64)52(78)23(3)87-42)48-58(84)69-46(59(85)86)30-18-28(72)19-36(74)43(30)29-13-24(6-9-35(29)73)44(55(81)71-48)68-56(82)45(27)67-54(80)34(20-41(63)75)66-57(47)83/h6-11,13-19,22-23,33-34,42,44-49,51-52,65,72-74,76-78H,12,20-21,64H2,1-5H3,(H2,63,75)(H,66,83)(H,67,80)(H,68,82)(H,69,84)(H,70,79)(H,71,81)(H,85,86)/t23-,33+,34-,42-,44+,45+,46-,47+,48-,49+,51+,52+,60+/m0/s1. The molecular weight excluding hydrogens is 1220 g/mol. The van der Waals surface area contributed by atoms with Crippen molar-refractivity contribution in [2.75, 3.05) is 7.05 Å². The van der Waals surface area contributed by atoms with Crippen molar-refractivity contribution in [2.24, 2.45) is 17.4 Å². The minimum Gasteiger partial charge on any atom is -0.508 e. The molecule has 11 rings (SSSR count). The van der Waals surface area contributed by atoms with Crippen molar-refractivity contribution in [3.63, 3.8) is 0 Å². The second-order valence-corrected chi connectivity index (χ2v) is 23.7. The fourth-order valence-electron chi connectivity index (χ4n) is 11.1. The minimum absolute atomic E-state index is 0.0478. The Morgan fingerprint density at radius 3 is 1.93 bits per heavy atom. The third-order valence-electron chi connectivity index (χ3n) is 15.7. The summed E-state index contributed by atoms with van der Waals surface area (Å²) in [5, 5.41) is 97.0. The number of carbonyl (C=O) groups is 8. The highest BCUT2D eigenvalue weighted by Gasteiger charge is 2.47. The molecule has 5 aromatic carbocycles. The van der Waals surface area contributed by atoms with Crippen LogP contribution in [0.25, 0.3) is 11.1 Å². The lowest BCUT2D eigenvalue weighted by Crippen LogP contribution is -2.61. The van der Waals surface area contributed by atoms with E-state index in [9.17, 15) is 54.9 Å². The number of amides is 7. The number of hydrogen-bond acceptors (Lipinski definition) is 20. The number of nitrogens with one attached hydrogen (secondary N) is 7. The van der Waals surface area contributed by atoms with Crippen molar-refractivity contribution in [1.82, 2.24) is 37.2 Å². The van der Waals surface area contributed by atoms with Gasteiger partial charge in [0.25, 0.3) is 0 Å². The zero-order chi connectivity index (χ0) is 65.5. The molecule has 18 N–H and O–H groups in total. The first kappa shape index (κ1) is 65.4. The Hall–Kier alpha value is -9.00. The monoisotopic (exact) mass is 1290 g/mol. The largest absolute Gasteiger partial charge is 0.508 e. The Kier molecular flexibility index (Phi) is 19.1. The molecule has 11 bridgehead atoms. The number of aromatic hydroxyl groups is 4. The summed E-state index contributed by atoms with van der Waals surface area (Å²) in [4.78, 5) is 116. The Morgan fingerprint density at radius 2 is 1.33 bits per heavy atom. The van der Waals surface area contributed by atoms with Crippen LogP contribution in [0.15, 0.2) is 78.9 Å². The predicted molar refractivity (Wildman–Crippen MR) is 317 cm³/mol. The number of aliphatic carboxylic acids is 1. The average Bonchev–Trinajstić information content (AvgIpc) is 0.826. The van der Waals surface area contributed by atoms with Gasteiger partial charge in [-0.2, -0.15) is 0 Å². The van der Waals surface area contributed by atoms with Crippen molar-refractivity contribution < 1.29 is 93.0 Å². The molecule has 90 heavy (non-hydrogen) atoms. The quantitative estimate of drug-likeness (QED) is 0.0955. The first-order chi connectivity index (χ1) is 42.4. The van der Waals surface area contributed by atoms with Crippen molar-refractivity contribution >= 4 is 70.5 Å². The van der Waals surface area contributed by atoms with E-state index in [4.69, 9.17) is 53.6 Å². The maximum atomic E-state index is 15.7. The van der Waals surface area contributed by atoms with E-state index in [-0.39, 0.29) is 62.6 Å². The number of likely N-dealkylation sites (N-methyl/N-ethyl adjacent to an activating group) is 1. The first-order valence-electron chi connectivity index (χ1n) is 28.1. The van der Waals surface area contributed by atoms with Gasteiger partial charge in [-0.15, -0.1) is 0 Å². The molecular formula is C60H65Cl2N9O19. The van der Waals surface area contributed by atoms with Gasteiger partial charge in [0.05, 0.1) is 34.7 Å². The number of carboxylic acids is 1. The Bertz CT molecular complexity index is 3720. The molecule has 0 radical (unpaired) electrons. The van der Waals surface area contributed by atoms with Crippen LogP contribution >= 0.6 is 23.2 Å². The molecule has 6 heterocycles. The third kappa shape index (κ3) is 13.7. The number of carbonyl (C=O) groups excluding carboxylic acids is 7. The fraction of sp³-hybridized carbons (Fsp3) is 0.367. The number of phenolic OH excluding ortho intramolecular Hbond substituents is 4.